The first-order valence-corrected chi connectivity index (χ1v) is 35.0. The molecule has 0 aromatic rings. The first-order chi connectivity index (χ1) is 41.0. The molecule has 0 heterocycles. The Morgan fingerprint density at radius 1 is 0.253 bits per heavy atom. The third kappa shape index (κ3) is 68.5. The lowest BCUT2D eigenvalue weighted by molar-refractivity contribution is -0.167. The molecule has 0 aromatic carbocycles. The van der Waals surface area contributed by atoms with E-state index in [9.17, 15) is 14.4 Å². The Labute approximate surface area is 513 Å². The van der Waals surface area contributed by atoms with Crippen LogP contribution in [0.5, 0.6) is 0 Å². The molecule has 0 aromatic heterocycles. The fourth-order valence-corrected chi connectivity index (χ4v) is 9.79. The largest absolute Gasteiger partial charge is 0.462 e. The van der Waals surface area contributed by atoms with Crippen molar-refractivity contribution in [3.8, 4) is 0 Å². The second-order valence-electron chi connectivity index (χ2n) is 23.0. The summed E-state index contributed by atoms with van der Waals surface area (Å²) in [5.74, 6) is -0.886. The lowest BCUT2D eigenvalue weighted by Gasteiger charge is -2.18. The van der Waals surface area contributed by atoms with Crippen molar-refractivity contribution in [1.29, 1.82) is 0 Å². The zero-order chi connectivity index (χ0) is 59.9. The van der Waals surface area contributed by atoms with Gasteiger partial charge in [-0.1, -0.05) is 322 Å². The molecule has 6 heteroatoms. The van der Waals surface area contributed by atoms with Crippen molar-refractivity contribution < 1.29 is 28.6 Å². The molecule has 83 heavy (non-hydrogen) atoms. The van der Waals surface area contributed by atoms with Gasteiger partial charge in [-0.2, -0.15) is 0 Å². The maximum atomic E-state index is 12.9. The summed E-state index contributed by atoms with van der Waals surface area (Å²) in [5, 5.41) is 0. The molecule has 0 bridgehead atoms. The van der Waals surface area contributed by atoms with Crippen LogP contribution in [0.3, 0.4) is 0 Å². The first kappa shape index (κ1) is 78.8. The van der Waals surface area contributed by atoms with Crippen LogP contribution in [0.4, 0.5) is 0 Å². The number of hydrogen-bond acceptors (Lipinski definition) is 6. The fourth-order valence-electron chi connectivity index (χ4n) is 9.79. The standard InChI is InChI=1S/C77H130O6/c1-4-7-10-13-16-19-22-25-28-30-32-33-34-35-36-37-38-39-40-41-42-43-45-46-49-52-55-58-61-64-67-70-76(79)82-73-74(72-81-75(78)69-66-63-60-57-54-51-48-27-24-21-18-15-12-9-6-3)83-77(80)71-68-65-62-59-56-53-50-47-44-31-29-26-23-20-17-14-11-8-5-2/h7-8,10-11,16-17,19-20,25-26,28-29,32-33,35-36,38-39,44,47,74H,4-6,9,12-15,18,21-24,27,30-31,34,37,40-43,45-46,48-73H2,1-3H3/b10-7-,11-8-,19-16-,20-17-,28-25-,29-26-,33-32-,36-35-,39-38-,47-44-. The van der Waals surface area contributed by atoms with Gasteiger partial charge in [0.1, 0.15) is 13.2 Å². The molecule has 1 unspecified atom stereocenters. The zero-order valence-electron chi connectivity index (χ0n) is 54.4. The molecule has 0 spiro atoms. The molecular weight excluding hydrogens is 1020 g/mol. The number of ether oxygens (including phenoxy) is 3. The van der Waals surface area contributed by atoms with Crippen LogP contribution in [0.15, 0.2) is 122 Å². The number of esters is 3. The van der Waals surface area contributed by atoms with Gasteiger partial charge in [0.15, 0.2) is 6.10 Å². The molecule has 0 fully saturated rings. The van der Waals surface area contributed by atoms with Crippen LogP contribution in [0.1, 0.15) is 329 Å². The molecule has 0 saturated carbocycles. The maximum Gasteiger partial charge on any atom is 0.306 e. The lowest BCUT2D eigenvalue weighted by atomic mass is 10.0. The predicted molar refractivity (Wildman–Crippen MR) is 362 cm³/mol. The highest BCUT2D eigenvalue weighted by Gasteiger charge is 2.19. The topological polar surface area (TPSA) is 78.9 Å². The van der Waals surface area contributed by atoms with Crippen molar-refractivity contribution in [2.45, 2.75) is 335 Å². The van der Waals surface area contributed by atoms with E-state index in [1.54, 1.807) is 0 Å². The Morgan fingerprint density at radius 3 is 0.735 bits per heavy atom. The van der Waals surface area contributed by atoms with Gasteiger partial charge < -0.3 is 14.2 Å². The maximum absolute atomic E-state index is 12.9. The molecule has 0 aliphatic rings. The average molecular weight is 1150 g/mol. The van der Waals surface area contributed by atoms with Gasteiger partial charge in [-0.15, -0.1) is 0 Å². The smallest absolute Gasteiger partial charge is 0.306 e. The van der Waals surface area contributed by atoms with Crippen LogP contribution in [0.2, 0.25) is 0 Å². The highest BCUT2D eigenvalue weighted by molar-refractivity contribution is 5.71. The van der Waals surface area contributed by atoms with E-state index < -0.39 is 6.10 Å². The number of rotatable bonds is 63. The van der Waals surface area contributed by atoms with Gasteiger partial charge in [0.2, 0.25) is 0 Å². The summed E-state index contributed by atoms with van der Waals surface area (Å²) in [4.78, 5) is 38.4. The second-order valence-corrected chi connectivity index (χ2v) is 23.0. The van der Waals surface area contributed by atoms with Crippen molar-refractivity contribution in [2.24, 2.45) is 0 Å². The minimum absolute atomic E-state index is 0.0824. The molecule has 0 N–H and O–H groups in total. The van der Waals surface area contributed by atoms with Crippen molar-refractivity contribution >= 4 is 17.9 Å². The summed E-state index contributed by atoms with van der Waals surface area (Å²) < 4.78 is 17.0. The Hall–Kier alpha value is -4.19. The van der Waals surface area contributed by atoms with Gasteiger partial charge in [0.05, 0.1) is 0 Å². The summed E-state index contributed by atoms with van der Waals surface area (Å²) in [6.07, 6.45) is 97.9. The normalized spacial score (nSPS) is 12.9. The van der Waals surface area contributed by atoms with E-state index in [0.717, 1.165) is 135 Å². The Morgan fingerprint density at radius 2 is 0.470 bits per heavy atom. The van der Waals surface area contributed by atoms with Crippen molar-refractivity contribution in [1.82, 2.24) is 0 Å². The number of carbonyl (C=O) groups is 3. The molecular formula is C77H130O6. The number of allylic oxidation sites excluding steroid dienone is 20. The number of carbonyl (C=O) groups excluding carboxylic acids is 3. The molecule has 474 valence electrons. The van der Waals surface area contributed by atoms with Crippen LogP contribution < -0.4 is 0 Å². The third-order valence-corrected chi connectivity index (χ3v) is 15.0. The van der Waals surface area contributed by atoms with Gasteiger partial charge in [0, 0.05) is 19.3 Å². The summed E-state index contributed by atoms with van der Waals surface area (Å²) in [6.45, 7) is 6.43. The van der Waals surface area contributed by atoms with E-state index in [1.807, 2.05) is 0 Å². The van der Waals surface area contributed by atoms with Crippen molar-refractivity contribution in [3.05, 3.63) is 122 Å². The average Bonchev–Trinajstić information content (AvgIpc) is 3.49. The Kier molecular flexibility index (Phi) is 66.7. The van der Waals surface area contributed by atoms with Crippen molar-refractivity contribution in [3.63, 3.8) is 0 Å². The summed E-state index contributed by atoms with van der Waals surface area (Å²) >= 11 is 0. The van der Waals surface area contributed by atoms with Gasteiger partial charge >= 0.3 is 17.9 Å². The molecule has 0 aliphatic heterocycles. The van der Waals surface area contributed by atoms with Gasteiger partial charge in [-0.05, 0) is 109 Å². The molecule has 0 aliphatic carbocycles. The highest BCUT2D eigenvalue weighted by Crippen LogP contribution is 2.17. The fraction of sp³-hybridized carbons (Fsp3) is 0.701. The van der Waals surface area contributed by atoms with E-state index >= 15 is 0 Å². The van der Waals surface area contributed by atoms with Crippen LogP contribution in [-0.4, -0.2) is 37.2 Å². The van der Waals surface area contributed by atoms with Crippen LogP contribution in [0.25, 0.3) is 0 Å². The molecule has 0 rings (SSSR count). The minimum atomic E-state index is -0.789. The van der Waals surface area contributed by atoms with Crippen LogP contribution in [-0.2, 0) is 28.6 Å². The third-order valence-electron chi connectivity index (χ3n) is 15.0. The molecule has 0 saturated heterocycles. The molecule has 0 radical (unpaired) electrons. The van der Waals surface area contributed by atoms with Gasteiger partial charge in [-0.25, -0.2) is 0 Å². The van der Waals surface area contributed by atoms with Crippen molar-refractivity contribution in [2.75, 3.05) is 13.2 Å². The first-order valence-electron chi connectivity index (χ1n) is 35.0. The monoisotopic (exact) mass is 1150 g/mol. The highest BCUT2D eigenvalue weighted by atomic mass is 16.6. The Balaban J connectivity index is 4.30. The van der Waals surface area contributed by atoms with E-state index in [0.29, 0.717) is 19.3 Å². The second kappa shape index (κ2) is 70.3. The van der Waals surface area contributed by atoms with E-state index in [2.05, 4.69) is 142 Å². The number of hydrogen-bond donors (Lipinski definition) is 0. The lowest BCUT2D eigenvalue weighted by Crippen LogP contribution is -2.30. The van der Waals surface area contributed by atoms with Gasteiger partial charge in [0.25, 0.3) is 0 Å². The summed E-state index contributed by atoms with van der Waals surface area (Å²) in [5.41, 5.74) is 0. The minimum Gasteiger partial charge on any atom is -0.462 e. The zero-order valence-corrected chi connectivity index (χ0v) is 54.4. The summed E-state index contributed by atoms with van der Waals surface area (Å²) in [6, 6.07) is 0. The van der Waals surface area contributed by atoms with Gasteiger partial charge in [-0.3, -0.25) is 14.4 Å². The molecule has 0 amide bonds. The SMILES string of the molecule is CC/C=C\C/C=C\C/C=C\C/C=C\C/C=C\C/C=C\CCCCCCCCCCCCCCC(=O)OCC(COC(=O)CCCCCCCCCCCCCCCCC)OC(=O)CCCCCCCC/C=C\C/C=C\C/C=C\C/C=C\CC. The Bertz CT molecular complexity index is 1700. The quantitative estimate of drug-likeness (QED) is 0.0261. The predicted octanol–water partition coefficient (Wildman–Crippen LogP) is 24.3. The molecule has 6 nitrogen and oxygen atoms in total. The number of unbranched alkanes of at least 4 members (excludes halogenated alkanes) is 32. The van der Waals surface area contributed by atoms with E-state index in [4.69, 9.17) is 14.2 Å². The molecule has 1 atom stereocenters. The van der Waals surface area contributed by atoms with Crippen LogP contribution in [0, 0.1) is 0 Å². The van der Waals surface area contributed by atoms with E-state index in [-0.39, 0.29) is 31.1 Å². The summed E-state index contributed by atoms with van der Waals surface area (Å²) in [7, 11) is 0. The van der Waals surface area contributed by atoms with Crippen LogP contribution >= 0.6 is 0 Å². The van der Waals surface area contributed by atoms with E-state index in [1.165, 1.54) is 154 Å².